The van der Waals surface area contributed by atoms with E-state index < -0.39 is 0 Å². The van der Waals surface area contributed by atoms with Crippen molar-refractivity contribution in [1.82, 2.24) is 0 Å². The van der Waals surface area contributed by atoms with Gasteiger partial charge in [0.15, 0.2) is 0 Å². The van der Waals surface area contributed by atoms with Crippen molar-refractivity contribution in [2.75, 3.05) is 0 Å². The predicted molar refractivity (Wildman–Crippen MR) is 90.4 cm³/mol. The summed E-state index contributed by atoms with van der Waals surface area (Å²) in [6.45, 7) is 0. The van der Waals surface area contributed by atoms with Gasteiger partial charge < -0.3 is 5.21 Å². The van der Waals surface area contributed by atoms with Crippen LogP contribution in [-0.2, 0) is 0 Å². The largest absolute Gasteiger partial charge is 0.411 e. The van der Waals surface area contributed by atoms with Gasteiger partial charge in [0.2, 0.25) is 0 Å². The number of nitrogens with zero attached hydrogens (tertiary/aromatic N) is 1. The van der Waals surface area contributed by atoms with Crippen molar-refractivity contribution in [3.05, 3.63) is 95.6 Å². The lowest BCUT2D eigenvalue weighted by molar-refractivity contribution is 0.317. The lowest BCUT2D eigenvalue weighted by atomic mass is 9.84. The first-order valence-electron chi connectivity index (χ1n) is 7.55. The van der Waals surface area contributed by atoms with E-state index in [-0.39, 0.29) is 5.92 Å². The van der Waals surface area contributed by atoms with Crippen molar-refractivity contribution in [3.63, 3.8) is 0 Å². The van der Waals surface area contributed by atoms with Crippen molar-refractivity contribution < 1.29 is 5.21 Å². The molecule has 0 bridgehead atoms. The Kier molecular flexibility index (Phi) is 4.50. The molecule has 0 radical (unpaired) electrons. The van der Waals surface area contributed by atoms with Gasteiger partial charge in [0.1, 0.15) is 0 Å². The van der Waals surface area contributed by atoms with E-state index in [0.717, 1.165) is 17.7 Å². The van der Waals surface area contributed by atoms with Gasteiger partial charge in [-0.05, 0) is 17.5 Å². The lowest BCUT2D eigenvalue weighted by Gasteiger charge is -2.20. The topological polar surface area (TPSA) is 32.6 Å². The molecule has 1 unspecified atom stereocenters. The molecule has 110 valence electrons. The monoisotopic (exact) mass is 289 g/mol. The third-order valence-corrected chi connectivity index (χ3v) is 4.07. The fourth-order valence-corrected chi connectivity index (χ4v) is 2.91. The van der Waals surface area contributed by atoms with Gasteiger partial charge in [0.25, 0.3) is 0 Å². The molecule has 2 aromatic carbocycles. The molecule has 0 aromatic heterocycles. The van der Waals surface area contributed by atoms with Crippen LogP contribution in [0.15, 0.2) is 89.6 Å². The molecule has 0 heterocycles. The standard InChI is InChI=1S/C20H19NO/c22-21-20(18-13-5-2-6-14-18)15-19(17-11-7-8-12-17)16-9-3-1-4-10-16/h1-11,13-14,19,22H,12,15H2/b21-20-. The summed E-state index contributed by atoms with van der Waals surface area (Å²) < 4.78 is 0. The second-order valence-corrected chi connectivity index (χ2v) is 5.45. The van der Waals surface area contributed by atoms with Gasteiger partial charge in [-0.2, -0.15) is 0 Å². The van der Waals surface area contributed by atoms with Crippen LogP contribution in [0.4, 0.5) is 0 Å². The number of allylic oxidation sites excluding steroid dienone is 4. The minimum Gasteiger partial charge on any atom is -0.411 e. The molecule has 2 aromatic rings. The van der Waals surface area contributed by atoms with E-state index in [4.69, 9.17) is 0 Å². The van der Waals surface area contributed by atoms with Crippen molar-refractivity contribution in [2.24, 2.45) is 5.16 Å². The van der Waals surface area contributed by atoms with Crippen molar-refractivity contribution in [2.45, 2.75) is 18.8 Å². The Balaban J connectivity index is 1.90. The summed E-state index contributed by atoms with van der Waals surface area (Å²) in [6.07, 6.45) is 8.11. The Morgan fingerprint density at radius 2 is 1.68 bits per heavy atom. The van der Waals surface area contributed by atoms with E-state index in [9.17, 15) is 5.21 Å². The van der Waals surface area contributed by atoms with Crippen LogP contribution in [-0.4, -0.2) is 10.9 Å². The summed E-state index contributed by atoms with van der Waals surface area (Å²) in [5.41, 5.74) is 4.32. The maximum absolute atomic E-state index is 9.47. The average Bonchev–Trinajstić information content (AvgIpc) is 3.12. The summed E-state index contributed by atoms with van der Waals surface area (Å²) >= 11 is 0. The van der Waals surface area contributed by atoms with Crippen molar-refractivity contribution >= 4 is 5.71 Å². The minimum atomic E-state index is 0.238. The SMILES string of the molecule is O/N=C(/CC(C1=CC=CC1)c1ccccc1)c1ccccc1. The summed E-state index contributed by atoms with van der Waals surface area (Å²) in [7, 11) is 0. The summed E-state index contributed by atoms with van der Waals surface area (Å²) in [4.78, 5) is 0. The Labute approximate surface area is 131 Å². The molecular weight excluding hydrogens is 270 g/mol. The molecule has 0 spiro atoms. The highest BCUT2D eigenvalue weighted by Crippen LogP contribution is 2.33. The molecule has 0 saturated carbocycles. The highest BCUT2D eigenvalue weighted by molar-refractivity contribution is 6.00. The van der Waals surface area contributed by atoms with Crippen LogP contribution in [0.2, 0.25) is 0 Å². The number of rotatable bonds is 5. The zero-order chi connectivity index (χ0) is 15.2. The second-order valence-electron chi connectivity index (χ2n) is 5.45. The molecule has 1 atom stereocenters. The van der Waals surface area contributed by atoms with E-state index in [0.29, 0.717) is 6.42 Å². The summed E-state index contributed by atoms with van der Waals surface area (Å²) in [5.74, 6) is 0.238. The van der Waals surface area contributed by atoms with Gasteiger partial charge in [0, 0.05) is 12.3 Å². The molecular formula is C20H19NO. The molecule has 2 heteroatoms. The second kappa shape index (κ2) is 6.90. The quantitative estimate of drug-likeness (QED) is 0.473. The molecule has 2 nitrogen and oxygen atoms in total. The van der Waals surface area contributed by atoms with Crippen LogP contribution in [0.25, 0.3) is 0 Å². The highest BCUT2D eigenvalue weighted by Gasteiger charge is 2.20. The van der Waals surface area contributed by atoms with Crippen molar-refractivity contribution in [1.29, 1.82) is 0 Å². The third-order valence-electron chi connectivity index (χ3n) is 4.07. The van der Waals surface area contributed by atoms with Gasteiger partial charge >= 0.3 is 0 Å². The maximum Gasteiger partial charge on any atom is 0.0877 e. The van der Waals surface area contributed by atoms with Gasteiger partial charge in [0.05, 0.1) is 5.71 Å². The first-order chi connectivity index (χ1) is 10.9. The van der Waals surface area contributed by atoms with Crippen LogP contribution < -0.4 is 0 Å². The van der Waals surface area contributed by atoms with Crippen LogP contribution in [0, 0.1) is 0 Å². The molecule has 1 aliphatic rings. The van der Waals surface area contributed by atoms with Crippen LogP contribution in [0.1, 0.15) is 29.9 Å². The zero-order valence-corrected chi connectivity index (χ0v) is 12.4. The van der Waals surface area contributed by atoms with Gasteiger partial charge in [-0.1, -0.05) is 89.6 Å². The third kappa shape index (κ3) is 3.17. The normalized spacial score (nSPS) is 15.6. The van der Waals surface area contributed by atoms with Gasteiger partial charge in [-0.25, -0.2) is 0 Å². The maximum atomic E-state index is 9.47. The van der Waals surface area contributed by atoms with E-state index in [1.807, 2.05) is 36.4 Å². The Morgan fingerprint density at radius 3 is 2.27 bits per heavy atom. The summed E-state index contributed by atoms with van der Waals surface area (Å²) in [6, 6.07) is 20.3. The molecule has 0 amide bonds. The zero-order valence-electron chi connectivity index (χ0n) is 12.4. The van der Waals surface area contributed by atoms with E-state index in [1.165, 1.54) is 11.1 Å². The predicted octanol–water partition coefficient (Wildman–Crippen LogP) is 4.93. The molecule has 1 aliphatic carbocycles. The lowest BCUT2D eigenvalue weighted by Crippen LogP contribution is -2.10. The molecule has 22 heavy (non-hydrogen) atoms. The Morgan fingerprint density at radius 1 is 1.00 bits per heavy atom. The number of benzene rings is 2. The van der Waals surface area contributed by atoms with Crippen LogP contribution in [0.5, 0.6) is 0 Å². The van der Waals surface area contributed by atoms with Crippen LogP contribution >= 0.6 is 0 Å². The van der Waals surface area contributed by atoms with E-state index >= 15 is 0 Å². The Bertz CT molecular complexity index is 699. The average molecular weight is 289 g/mol. The number of hydrogen-bond donors (Lipinski definition) is 1. The van der Waals surface area contributed by atoms with Crippen molar-refractivity contribution in [3.8, 4) is 0 Å². The molecule has 0 aliphatic heterocycles. The number of hydrogen-bond acceptors (Lipinski definition) is 2. The van der Waals surface area contributed by atoms with E-state index in [1.54, 1.807) is 0 Å². The molecule has 1 N–H and O–H groups in total. The minimum absolute atomic E-state index is 0.238. The van der Waals surface area contributed by atoms with E-state index in [2.05, 4.69) is 47.6 Å². The smallest absolute Gasteiger partial charge is 0.0877 e. The fourth-order valence-electron chi connectivity index (χ4n) is 2.91. The molecule has 3 rings (SSSR count). The van der Waals surface area contributed by atoms with Gasteiger partial charge in [-0.3, -0.25) is 0 Å². The first-order valence-corrected chi connectivity index (χ1v) is 7.55. The first kappa shape index (κ1) is 14.3. The fraction of sp³-hybridized carbons (Fsp3) is 0.150. The van der Waals surface area contributed by atoms with Crippen LogP contribution in [0.3, 0.4) is 0 Å². The molecule has 0 fully saturated rings. The highest BCUT2D eigenvalue weighted by atomic mass is 16.4. The van der Waals surface area contributed by atoms with Gasteiger partial charge in [-0.15, -0.1) is 0 Å². The molecule has 0 saturated heterocycles. The number of oxime groups is 1. The summed E-state index contributed by atoms with van der Waals surface area (Å²) in [5, 5.41) is 13.0. The Hall–Kier alpha value is -2.61.